The Bertz CT molecular complexity index is 1210. The minimum atomic E-state index is -3.69. The Morgan fingerprint density at radius 1 is 0.914 bits per heavy atom. The molecule has 0 aliphatic carbocycles. The Morgan fingerprint density at radius 3 is 2.26 bits per heavy atom. The van der Waals surface area contributed by atoms with E-state index >= 15 is 0 Å². The molecule has 3 aromatic carbocycles. The third-order valence-corrected chi connectivity index (χ3v) is 6.81. The molecule has 0 heterocycles. The second-order valence-electron chi connectivity index (χ2n) is 7.80. The fourth-order valence-corrected chi connectivity index (χ4v) is 4.45. The molecule has 186 valence electrons. The van der Waals surface area contributed by atoms with Gasteiger partial charge in [-0.3, -0.25) is 4.79 Å². The van der Waals surface area contributed by atoms with E-state index in [1.807, 2.05) is 49.4 Å². The lowest BCUT2D eigenvalue weighted by molar-refractivity contribution is -0.123. The van der Waals surface area contributed by atoms with Crippen molar-refractivity contribution in [2.45, 2.75) is 24.3 Å². The molecule has 9 heteroatoms. The van der Waals surface area contributed by atoms with Crippen molar-refractivity contribution in [3.05, 3.63) is 83.9 Å². The molecule has 35 heavy (non-hydrogen) atoms. The molecule has 3 aromatic rings. The molecule has 0 radical (unpaired) electrons. The summed E-state index contributed by atoms with van der Waals surface area (Å²) in [4.78, 5) is 12.3. The van der Waals surface area contributed by atoms with Crippen LogP contribution in [-0.4, -0.2) is 41.7 Å². The SMILES string of the molecule is COc1ccc(CCNS(=O)(=O)c2ccc(OCC(=O)N[C@H](C)c3ccccc3)cc2)cc1OC. The predicted octanol–water partition coefficient (Wildman–Crippen LogP) is 3.48. The van der Waals surface area contributed by atoms with E-state index in [4.69, 9.17) is 14.2 Å². The van der Waals surface area contributed by atoms with Gasteiger partial charge in [-0.15, -0.1) is 0 Å². The van der Waals surface area contributed by atoms with Gasteiger partial charge in [0.15, 0.2) is 18.1 Å². The number of hydrogen-bond donors (Lipinski definition) is 2. The summed E-state index contributed by atoms with van der Waals surface area (Å²) in [6, 6.07) is 20.9. The summed E-state index contributed by atoms with van der Waals surface area (Å²) in [7, 11) is -0.585. The first-order chi connectivity index (χ1) is 16.8. The highest BCUT2D eigenvalue weighted by molar-refractivity contribution is 7.89. The summed E-state index contributed by atoms with van der Waals surface area (Å²) in [5.74, 6) is 1.33. The second-order valence-corrected chi connectivity index (χ2v) is 9.56. The van der Waals surface area contributed by atoms with Gasteiger partial charge in [0.25, 0.3) is 5.91 Å². The quantitative estimate of drug-likeness (QED) is 0.396. The molecule has 0 aromatic heterocycles. The third kappa shape index (κ3) is 7.46. The first kappa shape index (κ1) is 26.1. The number of carbonyl (C=O) groups excluding carboxylic acids is 1. The number of amides is 1. The van der Waals surface area contributed by atoms with Gasteiger partial charge in [-0.1, -0.05) is 36.4 Å². The number of carbonyl (C=O) groups is 1. The molecule has 0 unspecified atom stereocenters. The van der Waals surface area contributed by atoms with Crippen LogP contribution < -0.4 is 24.2 Å². The van der Waals surface area contributed by atoms with Crippen molar-refractivity contribution in [2.24, 2.45) is 0 Å². The monoisotopic (exact) mass is 498 g/mol. The highest BCUT2D eigenvalue weighted by atomic mass is 32.2. The minimum absolute atomic E-state index is 0.110. The van der Waals surface area contributed by atoms with Crippen molar-refractivity contribution in [1.82, 2.24) is 10.0 Å². The van der Waals surface area contributed by atoms with Crippen molar-refractivity contribution in [1.29, 1.82) is 0 Å². The lowest BCUT2D eigenvalue weighted by Gasteiger charge is -2.14. The van der Waals surface area contributed by atoms with E-state index in [2.05, 4.69) is 10.0 Å². The molecule has 0 fully saturated rings. The van der Waals surface area contributed by atoms with Crippen molar-refractivity contribution in [3.8, 4) is 17.2 Å². The largest absolute Gasteiger partial charge is 0.493 e. The lowest BCUT2D eigenvalue weighted by Crippen LogP contribution is -2.31. The van der Waals surface area contributed by atoms with E-state index in [0.29, 0.717) is 23.7 Å². The number of ether oxygens (including phenoxy) is 3. The molecule has 0 aliphatic heterocycles. The van der Waals surface area contributed by atoms with Crippen LogP contribution >= 0.6 is 0 Å². The van der Waals surface area contributed by atoms with Gasteiger partial charge in [0.2, 0.25) is 10.0 Å². The Kier molecular flexibility index (Phi) is 9.11. The molecule has 1 amide bonds. The van der Waals surface area contributed by atoms with Gasteiger partial charge < -0.3 is 19.5 Å². The number of hydrogen-bond acceptors (Lipinski definition) is 6. The van der Waals surface area contributed by atoms with Gasteiger partial charge >= 0.3 is 0 Å². The molecule has 0 saturated carbocycles. The first-order valence-electron chi connectivity index (χ1n) is 11.1. The second kappa shape index (κ2) is 12.2. The van der Waals surface area contributed by atoms with E-state index in [1.165, 1.54) is 24.3 Å². The molecule has 3 rings (SSSR count). The zero-order chi connectivity index (χ0) is 25.3. The van der Waals surface area contributed by atoms with E-state index in [0.717, 1.165) is 11.1 Å². The number of benzene rings is 3. The van der Waals surface area contributed by atoms with Crippen LogP contribution in [0.15, 0.2) is 77.7 Å². The highest BCUT2D eigenvalue weighted by Gasteiger charge is 2.15. The van der Waals surface area contributed by atoms with E-state index in [9.17, 15) is 13.2 Å². The van der Waals surface area contributed by atoms with Gasteiger partial charge in [0, 0.05) is 6.54 Å². The molecule has 8 nitrogen and oxygen atoms in total. The van der Waals surface area contributed by atoms with Crippen LogP contribution in [0, 0.1) is 0 Å². The van der Waals surface area contributed by atoms with Gasteiger partial charge in [-0.2, -0.15) is 0 Å². The van der Waals surface area contributed by atoms with E-state index in [-0.39, 0.29) is 30.0 Å². The predicted molar refractivity (Wildman–Crippen MR) is 133 cm³/mol. The van der Waals surface area contributed by atoms with Crippen LogP contribution in [0.25, 0.3) is 0 Å². The summed E-state index contributed by atoms with van der Waals surface area (Å²) in [6.45, 7) is 1.94. The average molecular weight is 499 g/mol. The molecular formula is C26H30N2O6S. The standard InChI is InChI=1S/C26H30N2O6S/c1-19(21-7-5-4-6-8-21)28-26(29)18-34-22-10-12-23(13-11-22)35(30,31)27-16-15-20-9-14-24(32-2)25(17-20)33-3/h4-14,17,19,27H,15-16,18H2,1-3H3,(H,28,29)/t19-/m1/s1. The summed E-state index contributed by atoms with van der Waals surface area (Å²) in [5, 5.41) is 2.87. The summed E-state index contributed by atoms with van der Waals surface area (Å²) in [5.41, 5.74) is 1.91. The van der Waals surface area contributed by atoms with Crippen LogP contribution in [0.2, 0.25) is 0 Å². The maximum atomic E-state index is 12.6. The van der Waals surface area contributed by atoms with Crippen LogP contribution in [0.4, 0.5) is 0 Å². The summed E-state index contributed by atoms with van der Waals surface area (Å²) >= 11 is 0. The number of sulfonamides is 1. The summed E-state index contributed by atoms with van der Waals surface area (Å²) in [6.07, 6.45) is 0.483. The molecule has 0 bridgehead atoms. The van der Waals surface area contributed by atoms with Crippen LogP contribution in [0.1, 0.15) is 24.1 Å². The first-order valence-corrected chi connectivity index (χ1v) is 12.6. The number of nitrogens with one attached hydrogen (secondary N) is 2. The molecule has 1 atom stereocenters. The van der Waals surface area contributed by atoms with E-state index < -0.39 is 10.0 Å². The zero-order valence-electron chi connectivity index (χ0n) is 20.0. The Labute approximate surface area is 206 Å². The Hall–Kier alpha value is -3.56. The third-order valence-electron chi connectivity index (χ3n) is 5.33. The molecule has 0 spiro atoms. The number of methoxy groups -OCH3 is 2. The normalized spacial score (nSPS) is 12.0. The zero-order valence-corrected chi connectivity index (χ0v) is 20.8. The van der Waals surface area contributed by atoms with Crippen LogP contribution in [-0.2, 0) is 21.2 Å². The molecular weight excluding hydrogens is 468 g/mol. The van der Waals surface area contributed by atoms with E-state index in [1.54, 1.807) is 20.3 Å². The van der Waals surface area contributed by atoms with Gasteiger partial charge in [0.1, 0.15) is 5.75 Å². The van der Waals surface area contributed by atoms with Crippen molar-refractivity contribution >= 4 is 15.9 Å². The molecule has 0 saturated heterocycles. The Morgan fingerprint density at radius 2 is 1.60 bits per heavy atom. The Balaban J connectivity index is 1.48. The molecule has 2 N–H and O–H groups in total. The number of rotatable bonds is 12. The lowest BCUT2D eigenvalue weighted by atomic mass is 10.1. The van der Waals surface area contributed by atoms with Gasteiger partial charge in [0.05, 0.1) is 25.2 Å². The summed E-state index contributed by atoms with van der Waals surface area (Å²) < 4.78 is 43.8. The van der Waals surface area contributed by atoms with Crippen LogP contribution in [0.3, 0.4) is 0 Å². The maximum Gasteiger partial charge on any atom is 0.258 e. The maximum absolute atomic E-state index is 12.6. The molecule has 0 aliphatic rings. The topological polar surface area (TPSA) is 103 Å². The smallest absolute Gasteiger partial charge is 0.258 e. The fourth-order valence-electron chi connectivity index (χ4n) is 3.42. The van der Waals surface area contributed by atoms with Crippen molar-refractivity contribution in [3.63, 3.8) is 0 Å². The average Bonchev–Trinajstić information content (AvgIpc) is 2.88. The van der Waals surface area contributed by atoms with Crippen LogP contribution in [0.5, 0.6) is 17.2 Å². The van der Waals surface area contributed by atoms with Gasteiger partial charge in [-0.05, 0) is 60.9 Å². The fraction of sp³-hybridized carbons (Fsp3) is 0.269. The highest BCUT2D eigenvalue weighted by Crippen LogP contribution is 2.27. The minimum Gasteiger partial charge on any atom is -0.493 e. The van der Waals surface area contributed by atoms with Crippen molar-refractivity contribution < 1.29 is 27.4 Å². The van der Waals surface area contributed by atoms with Gasteiger partial charge in [-0.25, -0.2) is 13.1 Å². The van der Waals surface area contributed by atoms with Crippen molar-refractivity contribution in [2.75, 3.05) is 27.4 Å².